The van der Waals surface area contributed by atoms with Crippen molar-refractivity contribution < 1.29 is 24.6 Å². The number of amides is 2. The molecule has 22 heavy (non-hydrogen) atoms. The van der Waals surface area contributed by atoms with Crippen LogP contribution in [0.4, 0.5) is 5.69 Å². The number of carbonyl (C=O) groups excluding carboxylic acids is 2. The van der Waals surface area contributed by atoms with Gasteiger partial charge in [-0.05, 0) is 18.6 Å². The molecule has 0 aliphatic rings. The van der Waals surface area contributed by atoms with Crippen LogP contribution < -0.4 is 10.2 Å². The Bertz CT molecular complexity index is 518. The fourth-order valence-corrected chi connectivity index (χ4v) is 1.82. The van der Waals surface area contributed by atoms with Crippen molar-refractivity contribution in [1.29, 1.82) is 0 Å². The van der Waals surface area contributed by atoms with Crippen molar-refractivity contribution in [3.63, 3.8) is 0 Å². The summed E-state index contributed by atoms with van der Waals surface area (Å²) in [7, 11) is 1.66. The van der Waals surface area contributed by atoms with Gasteiger partial charge in [0.25, 0.3) is 0 Å². The van der Waals surface area contributed by atoms with Gasteiger partial charge in [0.05, 0.1) is 6.61 Å². The van der Waals surface area contributed by atoms with Crippen molar-refractivity contribution in [2.75, 3.05) is 18.6 Å². The van der Waals surface area contributed by atoms with E-state index < -0.39 is 24.5 Å². The van der Waals surface area contributed by atoms with Crippen LogP contribution in [0.5, 0.6) is 0 Å². The molecule has 0 saturated carbocycles. The molecule has 0 bridgehead atoms. The van der Waals surface area contributed by atoms with Crippen molar-refractivity contribution in [3.8, 4) is 0 Å². The summed E-state index contributed by atoms with van der Waals surface area (Å²) in [4.78, 5) is 35.7. The van der Waals surface area contributed by atoms with Crippen LogP contribution >= 0.6 is 0 Å². The molecular formula is C15H20N2O5. The van der Waals surface area contributed by atoms with E-state index in [0.717, 1.165) is 5.69 Å². The van der Waals surface area contributed by atoms with Crippen molar-refractivity contribution in [2.24, 2.45) is 0 Å². The molecule has 0 aliphatic heterocycles. The molecule has 0 heterocycles. The molecule has 1 atom stereocenters. The molecule has 0 spiro atoms. The molecule has 0 aromatic heterocycles. The highest BCUT2D eigenvalue weighted by molar-refractivity contribution is 5.93. The number of benzene rings is 1. The van der Waals surface area contributed by atoms with Crippen molar-refractivity contribution >= 4 is 23.5 Å². The third kappa shape index (κ3) is 5.53. The molecule has 3 N–H and O–H groups in total. The lowest BCUT2D eigenvalue weighted by molar-refractivity contribution is -0.143. The summed E-state index contributed by atoms with van der Waals surface area (Å²) in [5.74, 6) is -1.93. The predicted molar refractivity (Wildman–Crippen MR) is 80.4 cm³/mol. The molecule has 1 unspecified atom stereocenters. The Hall–Kier alpha value is -2.41. The SMILES string of the molecule is CN(C(=O)CCCC(=O)NC(CO)C(=O)O)c1ccccc1. The first-order valence-electron chi connectivity index (χ1n) is 6.90. The number of para-hydroxylation sites is 1. The van der Waals surface area contributed by atoms with E-state index in [1.165, 1.54) is 4.90 Å². The van der Waals surface area contributed by atoms with E-state index in [-0.39, 0.29) is 18.7 Å². The number of hydrogen-bond donors (Lipinski definition) is 3. The summed E-state index contributed by atoms with van der Waals surface area (Å²) in [6, 6.07) is 7.81. The minimum Gasteiger partial charge on any atom is -0.480 e. The van der Waals surface area contributed by atoms with Crippen LogP contribution in [-0.2, 0) is 14.4 Å². The summed E-state index contributed by atoms with van der Waals surface area (Å²) in [6.07, 6.45) is 0.507. The van der Waals surface area contributed by atoms with E-state index in [9.17, 15) is 14.4 Å². The Balaban J connectivity index is 2.36. The van der Waals surface area contributed by atoms with E-state index in [2.05, 4.69) is 5.32 Å². The fraction of sp³-hybridized carbons (Fsp3) is 0.400. The van der Waals surface area contributed by atoms with Gasteiger partial charge in [0.2, 0.25) is 11.8 Å². The van der Waals surface area contributed by atoms with Crippen molar-refractivity contribution in [1.82, 2.24) is 5.32 Å². The standard InChI is InChI=1S/C15H20N2O5/c1-17(11-6-3-2-4-7-11)14(20)9-5-8-13(19)16-12(10-18)15(21)22/h2-4,6-7,12,18H,5,8-10H2,1H3,(H,16,19)(H,21,22). The molecule has 0 aliphatic carbocycles. The maximum atomic E-state index is 12.0. The quantitative estimate of drug-likeness (QED) is 0.643. The fourth-order valence-electron chi connectivity index (χ4n) is 1.82. The number of nitrogens with one attached hydrogen (secondary N) is 1. The summed E-state index contributed by atoms with van der Waals surface area (Å²) >= 11 is 0. The van der Waals surface area contributed by atoms with Gasteiger partial charge in [0, 0.05) is 25.6 Å². The first kappa shape index (κ1) is 17.6. The van der Waals surface area contributed by atoms with Gasteiger partial charge in [-0.15, -0.1) is 0 Å². The second-order valence-corrected chi connectivity index (χ2v) is 4.78. The summed E-state index contributed by atoms with van der Waals surface area (Å²) < 4.78 is 0. The van der Waals surface area contributed by atoms with Gasteiger partial charge in [0.15, 0.2) is 0 Å². The largest absolute Gasteiger partial charge is 0.480 e. The third-order valence-electron chi connectivity index (χ3n) is 3.13. The van der Waals surface area contributed by atoms with Gasteiger partial charge in [-0.2, -0.15) is 0 Å². The average Bonchev–Trinajstić information content (AvgIpc) is 2.52. The predicted octanol–water partition coefficient (Wildman–Crippen LogP) is 0.381. The van der Waals surface area contributed by atoms with Gasteiger partial charge in [-0.3, -0.25) is 9.59 Å². The highest BCUT2D eigenvalue weighted by atomic mass is 16.4. The number of carbonyl (C=O) groups is 3. The molecule has 1 rings (SSSR count). The van der Waals surface area contributed by atoms with Gasteiger partial charge in [-0.25, -0.2) is 4.79 Å². The number of aliphatic hydroxyl groups is 1. The van der Waals surface area contributed by atoms with E-state index in [0.29, 0.717) is 6.42 Å². The molecule has 0 radical (unpaired) electrons. The Morgan fingerprint density at radius 1 is 1.18 bits per heavy atom. The molecule has 7 nitrogen and oxygen atoms in total. The lowest BCUT2D eigenvalue weighted by atomic mass is 10.2. The third-order valence-corrected chi connectivity index (χ3v) is 3.13. The van der Waals surface area contributed by atoms with Gasteiger partial charge < -0.3 is 20.4 Å². The average molecular weight is 308 g/mol. The highest BCUT2D eigenvalue weighted by Gasteiger charge is 2.18. The molecule has 0 saturated heterocycles. The number of carboxylic acids is 1. The minimum absolute atomic E-state index is 0.0259. The first-order chi connectivity index (χ1) is 10.5. The van der Waals surface area contributed by atoms with Crippen LogP contribution in [0.25, 0.3) is 0 Å². The van der Waals surface area contributed by atoms with Crippen molar-refractivity contribution in [3.05, 3.63) is 30.3 Å². The molecule has 1 aromatic carbocycles. The Labute approximate surface area is 128 Å². The molecule has 120 valence electrons. The van der Waals surface area contributed by atoms with E-state index >= 15 is 0 Å². The molecule has 7 heteroatoms. The van der Waals surface area contributed by atoms with Crippen molar-refractivity contribution in [2.45, 2.75) is 25.3 Å². The lowest BCUT2D eigenvalue weighted by Gasteiger charge is -2.17. The van der Waals surface area contributed by atoms with Gasteiger partial charge in [0.1, 0.15) is 6.04 Å². The summed E-state index contributed by atoms with van der Waals surface area (Å²) in [6.45, 7) is -0.670. The number of hydrogen-bond acceptors (Lipinski definition) is 4. The second-order valence-electron chi connectivity index (χ2n) is 4.78. The van der Waals surface area contributed by atoms with Crippen LogP contribution in [-0.4, -0.2) is 47.7 Å². The normalized spacial score (nSPS) is 11.5. The number of nitrogens with zero attached hydrogens (tertiary/aromatic N) is 1. The summed E-state index contributed by atoms with van der Waals surface area (Å²) in [5, 5.41) is 19.7. The first-order valence-corrected chi connectivity index (χ1v) is 6.90. The van der Waals surface area contributed by atoms with Crippen LogP contribution in [0, 0.1) is 0 Å². The number of rotatable bonds is 8. The topological polar surface area (TPSA) is 107 Å². The zero-order valence-corrected chi connectivity index (χ0v) is 12.4. The number of carboxylic acid groups (broad SMARTS) is 1. The van der Waals surface area contributed by atoms with Crippen LogP contribution in [0.15, 0.2) is 30.3 Å². The number of aliphatic hydroxyl groups excluding tert-OH is 1. The number of aliphatic carboxylic acids is 1. The zero-order chi connectivity index (χ0) is 16.5. The van der Waals surface area contributed by atoms with Gasteiger partial charge in [-0.1, -0.05) is 18.2 Å². The Morgan fingerprint density at radius 3 is 2.36 bits per heavy atom. The molecule has 1 aromatic rings. The molecule has 0 fully saturated rings. The van der Waals surface area contributed by atoms with Crippen LogP contribution in [0.1, 0.15) is 19.3 Å². The van der Waals surface area contributed by atoms with Gasteiger partial charge >= 0.3 is 5.97 Å². The summed E-state index contributed by atoms with van der Waals surface area (Å²) in [5.41, 5.74) is 0.767. The molecule has 2 amide bonds. The van der Waals surface area contributed by atoms with E-state index in [1.54, 1.807) is 7.05 Å². The van der Waals surface area contributed by atoms with E-state index in [4.69, 9.17) is 10.2 Å². The lowest BCUT2D eigenvalue weighted by Crippen LogP contribution is -2.43. The van der Waals surface area contributed by atoms with Crippen LogP contribution in [0.2, 0.25) is 0 Å². The Kier molecular flexibility index (Phi) is 7.04. The number of anilines is 1. The molecular weight excluding hydrogens is 288 g/mol. The highest BCUT2D eigenvalue weighted by Crippen LogP contribution is 2.13. The monoisotopic (exact) mass is 308 g/mol. The minimum atomic E-state index is -1.31. The Morgan fingerprint density at radius 2 is 1.82 bits per heavy atom. The maximum absolute atomic E-state index is 12.0. The zero-order valence-electron chi connectivity index (χ0n) is 12.4. The smallest absolute Gasteiger partial charge is 0.328 e. The van der Waals surface area contributed by atoms with E-state index in [1.807, 2.05) is 30.3 Å². The second kappa shape index (κ2) is 8.78. The maximum Gasteiger partial charge on any atom is 0.328 e. The van der Waals surface area contributed by atoms with Crippen LogP contribution in [0.3, 0.4) is 0 Å².